The second kappa shape index (κ2) is 9.01. The molecular weight excluding hydrogens is 394 g/mol. The number of hydrogen-bond donors (Lipinski definition) is 2. The molecule has 0 spiro atoms. The Morgan fingerprint density at radius 3 is 2.52 bits per heavy atom. The maximum Gasteiger partial charge on any atom is 0.254 e. The summed E-state index contributed by atoms with van der Waals surface area (Å²) in [7, 11) is 3.64. The normalized spacial score (nSPS) is 14.3. The Balaban J connectivity index is 1.58. The first-order valence-electron chi connectivity index (χ1n) is 10.1. The molecule has 3 aromatic rings. The zero-order chi connectivity index (χ0) is 21.8. The molecule has 1 fully saturated rings. The summed E-state index contributed by atoms with van der Waals surface area (Å²) in [4.78, 5) is 25.9. The molecule has 8 heteroatoms. The molecule has 0 unspecified atom stereocenters. The van der Waals surface area contributed by atoms with Crippen molar-refractivity contribution in [2.24, 2.45) is 0 Å². The van der Waals surface area contributed by atoms with E-state index in [1.54, 1.807) is 62.0 Å². The predicted molar refractivity (Wildman–Crippen MR) is 119 cm³/mol. The lowest BCUT2D eigenvalue weighted by Crippen LogP contribution is -2.47. The summed E-state index contributed by atoms with van der Waals surface area (Å²) in [5.41, 5.74) is 2.73. The standard InChI is InChI=1S/C23H25N5O3/c1-27-9-11-28(12-10-27)23(30)17-5-8-21(31-2)19(13-17)25-22-15-24-14-20(26-22)16-3-6-18(29)7-4-16/h3-8,13-15,29H,9-12H2,1-2H3,(H,25,26). The van der Waals surface area contributed by atoms with Crippen molar-refractivity contribution in [2.75, 3.05) is 45.7 Å². The molecule has 1 aliphatic rings. The maximum absolute atomic E-state index is 13.0. The van der Waals surface area contributed by atoms with Crippen LogP contribution in [0.4, 0.5) is 11.5 Å². The van der Waals surface area contributed by atoms with E-state index in [-0.39, 0.29) is 11.7 Å². The van der Waals surface area contributed by atoms with Gasteiger partial charge in [-0.05, 0) is 49.5 Å². The number of methoxy groups -OCH3 is 1. The zero-order valence-corrected chi connectivity index (χ0v) is 17.6. The molecule has 0 saturated carbocycles. The number of aromatic hydroxyl groups is 1. The first-order chi connectivity index (χ1) is 15.0. The average Bonchev–Trinajstić information content (AvgIpc) is 2.80. The van der Waals surface area contributed by atoms with Gasteiger partial charge in [-0.2, -0.15) is 0 Å². The lowest BCUT2D eigenvalue weighted by atomic mass is 10.1. The number of likely N-dealkylation sites (N-methyl/N-ethyl adjacent to an activating group) is 1. The predicted octanol–water partition coefficient (Wildman–Crippen LogP) is 2.99. The molecule has 0 radical (unpaired) electrons. The van der Waals surface area contributed by atoms with Gasteiger partial charge in [0.1, 0.15) is 17.3 Å². The van der Waals surface area contributed by atoms with Crippen LogP contribution in [0, 0.1) is 0 Å². The lowest BCUT2D eigenvalue weighted by molar-refractivity contribution is 0.0664. The van der Waals surface area contributed by atoms with Crippen LogP contribution in [-0.4, -0.2) is 71.1 Å². The van der Waals surface area contributed by atoms with E-state index in [2.05, 4.69) is 27.2 Å². The number of rotatable bonds is 5. The van der Waals surface area contributed by atoms with Gasteiger partial charge in [0.2, 0.25) is 0 Å². The van der Waals surface area contributed by atoms with Crippen molar-refractivity contribution in [1.82, 2.24) is 19.8 Å². The number of hydrogen-bond acceptors (Lipinski definition) is 7. The van der Waals surface area contributed by atoms with Crippen molar-refractivity contribution in [3.8, 4) is 22.8 Å². The fourth-order valence-corrected chi connectivity index (χ4v) is 3.47. The molecule has 0 atom stereocenters. The summed E-state index contributed by atoms with van der Waals surface area (Å²) < 4.78 is 5.47. The van der Waals surface area contributed by atoms with Gasteiger partial charge in [-0.15, -0.1) is 0 Å². The highest BCUT2D eigenvalue weighted by atomic mass is 16.5. The number of piperazine rings is 1. The van der Waals surface area contributed by atoms with Crippen LogP contribution in [0.2, 0.25) is 0 Å². The molecule has 0 bridgehead atoms. The Morgan fingerprint density at radius 1 is 1.06 bits per heavy atom. The van der Waals surface area contributed by atoms with E-state index in [0.717, 1.165) is 18.7 Å². The molecule has 2 heterocycles. The van der Waals surface area contributed by atoms with Crippen molar-refractivity contribution >= 4 is 17.4 Å². The highest BCUT2D eigenvalue weighted by molar-refractivity contribution is 5.96. The van der Waals surface area contributed by atoms with E-state index >= 15 is 0 Å². The Labute approximate surface area is 181 Å². The maximum atomic E-state index is 13.0. The molecule has 160 valence electrons. The number of nitrogens with zero attached hydrogens (tertiary/aromatic N) is 4. The summed E-state index contributed by atoms with van der Waals surface area (Å²) in [5, 5.41) is 12.7. The Hall–Kier alpha value is -3.65. The molecule has 2 aromatic carbocycles. The van der Waals surface area contributed by atoms with Crippen molar-refractivity contribution in [3.63, 3.8) is 0 Å². The Morgan fingerprint density at radius 2 is 1.81 bits per heavy atom. The molecule has 0 aliphatic carbocycles. The van der Waals surface area contributed by atoms with Gasteiger partial charge in [-0.1, -0.05) is 0 Å². The zero-order valence-electron chi connectivity index (χ0n) is 17.6. The van der Waals surface area contributed by atoms with Crippen LogP contribution in [0.3, 0.4) is 0 Å². The minimum absolute atomic E-state index is 0.00253. The fraction of sp³-hybridized carbons (Fsp3) is 0.261. The van der Waals surface area contributed by atoms with Crippen molar-refractivity contribution in [3.05, 3.63) is 60.4 Å². The molecular formula is C23H25N5O3. The van der Waals surface area contributed by atoms with Crippen molar-refractivity contribution in [1.29, 1.82) is 0 Å². The van der Waals surface area contributed by atoms with Gasteiger partial charge in [0.15, 0.2) is 0 Å². The molecule has 2 N–H and O–H groups in total. The topological polar surface area (TPSA) is 90.8 Å². The molecule has 1 amide bonds. The minimum atomic E-state index is 0.00253. The first-order valence-corrected chi connectivity index (χ1v) is 10.1. The number of carbonyl (C=O) groups is 1. The Kier molecular flexibility index (Phi) is 5.99. The molecule has 1 aromatic heterocycles. The van der Waals surface area contributed by atoms with E-state index in [4.69, 9.17) is 4.74 Å². The summed E-state index contributed by atoms with van der Waals surface area (Å²) in [6.07, 6.45) is 3.26. The van der Waals surface area contributed by atoms with Gasteiger partial charge in [-0.3, -0.25) is 9.78 Å². The number of nitrogens with one attached hydrogen (secondary N) is 1. The van der Waals surface area contributed by atoms with E-state index in [1.807, 2.05) is 4.90 Å². The van der Waals surface area contributed by atoms with Crippen LogP contribution in [-0.2, 0) is 0 Å². The average molecular weight is 419 g/mol. The van der Waals surface area contributed by atoms with Gasteiger partial charge in [-0.25, -0.2) is 4.98 Å². The minimum Gasteiger partial charge on any atom is -0.508 e. The monoisotopic (exact) mass is 419 g/mol. The lowest BCUT2D eigenvalue weighted by Gasteiger charge is -2.32. The highest BCUT2D eigenvalue weighted by Gasteiger charge is 2.21. The highest BCUT2D eigenvalue weighted by Crippen LogP contribution is 2.29. The second-order valence-electron chi connectivity index (χ2n) is 7.47. The third-order valence-electron chi connectivity index (χ3n) is 5.30. The van der Waals surface area contributed by atoms with E-state index in [1.165, 1.54) is 0 Å². The summed E-state index contributed by atoms with van der Waals surface area (Å²) >= 11 is 0. The largest absolute Gasteiger partial charge is 0.508 e. The van der Waals surface area contributed by atoms with Crippen LogP contribution in [0.25, 0.3) is 11.3 Å². The third kappa shape index (κ3) is 4.75. The smallest absolute Gasteiger partial charge is 0.254 e. The van der Waals surface area contributed by atoms with Crippen LogP contribution in [0.1, 0.15) is 10.4 Å². The van der Waals surface area contributed by atoms with Crippen LogP contribution >= 0.6 is 0 Å². The fourth-order valence-electron chi connectivity index (χ4n) is 3.47. The number of ether oxygens (including phenoxy) is 1. The number of phenols is 1. The quantitative estimate of drug-likeness (QED) is 0.657. The number of aromatic nitrogens is 2. The molecule has 31 heavy (non-hydrogen) atoms. The van der Waals surface area contributed by atoms with Gasteiger partial charge in [0, 0.05) is 37.3 Å². The van der Waals surface area contributed by atoms with Crippen molar-refractivity contribution in [2.45, 2.75) is 0 Å². The summed E-state index contributed by atoms with van der Waals surface area (Å²) in [5.74, 6) is 1.32. The van der Waals surface area contributed by atoms with Crippen LogP contribution in [0.5, 0.6) is 11.5 Å². The number of anilines is 2. The first kappa shape index (κ1) is 20.6. The number of phenolic OH excluding ortho intramolecular Hbond substituents is 1. The van der Waals surface area contributed by atoms with E-state index < -0.39 is 0 Å². The van der Waals surface area contributed by atoms with Crippen LogP contribution < -0.4 is 10.1 Å². The number of carbonyl (C=O) groups excluding carboxylic acids is 1. The SMILES string of the molecule is COc1ccc(C(=O)N2CCN(C)CC2)cc1Nc1cncc(-c2ccc(O)cc2)n1. The molecule has 1 saturated heterocycles. The third-order valence-corrected chi connectivity index (χ3v) is 5.30. The van der Waals surface area contributed by atoms with Crippen molar-refractivity contribution < 1.29 is 14.6 Å². The summed E-state index contributed by atoms with van der Waals surface area (Å²) in [6, 6.07) is 12.1. The Bertz CT molecular complexity index is 1060. The molecule has 8 nitrogen and oxygen atoms in total. The number of benzene rings is 2. The summed E-state index contributed by atoms with van der Waals surface area (Å²) in [6.45, 7) is 3.16. The van der Waals surface area contributed by atoms with E-state index in [9.17, 15) is 9.90 Å². The van der Waals surface area contributed by atoms with Crippen LogP contribution in [0.15, 0.2) is 54.9 Å². The second-order valence-corrected chi connectivity index (χ2v) is 7.47. The van der Waals surface area contributed by atoms with Gasteiger partial charge >= 0.3 is 0 Å². The number of amides is 1. The molecule has 1 aliphatic heterocycles. The van der Waals surface area contributed by atoms with E-state index in [0.29, 0.717) is 41.6 Å². The van der Waals surface area contributed by atoms with Gasteiger partial charge < -0.3 is 25.0 Å². The molecule has 4 rings (SSSR count). The van der Waals surface area contributed by atoms with Gasteiger partial charge in [0.25, 0.3) is 5.91 Å². The van der Waals surface area contributed by atoms with Gasteiger partial charge in [0.05, 0.1) is 30.9 Å².